The summed E-state index contributed by atoms with van der Waals surface area (Å²) in [4.78, 5) is 29.5. The van der Waals surface area contributed by atoms with E-state index in [9.17, 15) is 9.59 Å². The van der Waals surface area contributed by atoms with Crippen molar-refractivity contribution in [3.8, 4) is 5.75 Å². The molecule has 0 saturated carbocycles. The molecule has 0 bridgehead atoms. The second-order valence-corrected chi connectivity index (χ2v) is 7.36. The minimum Gasteiger partial charge on any atom is -0.476 e. The van der Waals surface area contributed by atoms with E-state index in [1.807, 2.05) is 0 Å². The molecule has 0 amide bonds. The van der Waals surface area contributed by atoms with Crippen LogP contribution in [0, 0.1) is 0 Å². The number of halogens is 1. The molecule has 0 radical (unpaired) electrons. The van der Waals surface area contributed by atoms with Gasteiger partial charge < -0.3 is 19.4 Å². The van der Waals surface area contributed by atoms with Gasteiger partial charge in [-0.25, -0.2) is 4.79 Å². The molecular formula is C21H24ClN3O6. The highest BCUT2D eigenvalue weighted by atomic mass is 35.5. The van der Waals surface area contributed by atoms with E-state index in [1.54, 1.807) is 69.4 Å². The molecule has 0 aromatic heterocycles. The van der Waals surface area contributed by atoms with Gasteiger partial charge in [0.15, 0.2) is 11.4 Å². The summed E-state index contributed by atoms with van der Waals surface area (Å²) < 4.78 is 10.7. The van der Waals surface area contributed by atoms with Crippen molar-refractivity contribution in [3.05, 3.63) is 64.7 Å². The number of nitrogens with zero attached hydrogens (tertiary/aromatic N) is 3. The predicted molar refractivity (Wildman–Crippen MR) is 113 cm³/mol. The molecule has 31 heavy (non-hydrogen) atoms. The minimum absolute atomic E-state index is 0.0771. The molecule has 0 aliphatic heterocycles. The van der Waals surface area contributed by atoms with Crippen LogP contribution in [0.1, 0.15) is 29.8 Å². The van der Waals surface area contributed by atoms with Crippen molar-refractivity contribution in [1.29, 1.82) is 0 Å². The van der Waals surface area contributed by atoms with E-state index in [0.29, 0.717) is 21.9 Å². The molecule has 2 aromatic rings. The molecule has 0 saturated heterocycles. The van der Waals surface area contributed by atoms with Gasteiger partial charge in [0.2, 0.25) is 0 Å². The number of benzene rings is 2. The molecule has 0 fully saturated rings. The number of ether oxygens (including phenoxy) is 2. The van der Waals surface area contributed by atoms with E-state index >= 15 is 0 Å². The molecule has 9 nitrogen and oxygen atoms in total. The summed E-state index contributed by atoms with van der Waals surface area (Å²) in [6.07, 6.45) is 0. The van der Waals surface area contributed by atoms with Gasteiger partial charge in [0, 0.05) is 28.5 Å². The quantitative estimate of drug-likeness (QED) is 0.140. The van der Waals surface area contributed by atoms with E-state index in [1.165, 1.54) is 5.01 Å². The van der Waals surface area contributed by atoms with Crippen LogP contribution in [0.2, 0.25) is 5.02 Å². The Bertz CT molecular complexity index is 900. The van der Waals surface area contributed by atoms with Crippen LogP contribution >= 0.6 is 11.6 Å². The lowest BCUT2D eigenvalue weighted by Crippen LogP contribution is -2.40. The van der Waals surface area contributed by atoms with Crippen LogP contribution in [0.5, 0.6) is 5.75 Å². The van der Waals surface area contributed by atoms with Gasteiger partial charge in [-0.3, -0.25) is 9.80 Å². The van der Waals surface area contributed by atoms with Crippen molar-refractivity contribution in [2.75, 3.05) is 27.0 Å². The van der Waals surface area contributed by atoms with Crippen molar-refractivity contribution in [2.45, 2.75) is 19.4 Å². The first-order valence-electron chi connectivity index (χ1n) is 9.34. The molecule has 1 N–H and O–H groups in total. The number of esters is 1. The summed E-state index contributed by atoms with van der Waals surface area (Å²) in [5.41, 5.74) is -0.322. The molecule has 0 atom stereocenters. The van der Waals surface area contributed by atoms with Crippen LogP contribution in [-0.4, -0.2) is 54.5 Å². The SMILES string of the molecule is CN(CCO)/N=N\OCOC(=O)C(C)(C)Oc1ccc(C(=O)c2ccc(Cl)cc2)cc1. The number of aliphatic hydroxyl groups is 1. The van der Waals surface area contributed by atoms with Gasteiger partial charge in [-0.05, 0) is 67.6 Å². The average Bonchev–Trinajstić information content (AvgIpc) is 2.74. The molecule has 0 aliphatic carbocycles. The molecule has 2 rings (SSSR count). The predicted octanol–water partition coefficient (Wildman–Crippen LogP) is 3.45. The summed E-state index contributed by atoms with van der Waals surface area (Å²) in [7, 11) is 1.60. The number of hydrogen-bond donors (Lipinski definition) is 1. The Hall–Kier alpha value is -3.17. The lowest BCUT2D eigenvalue weighted by molar-refractivity contribution is -0.173. The molecule has 0 heterocycles. The molecule has 0 unspecified atom stereocenters. The van der Waals surface area contributed by atoms with Crippen LogP contribution in [0.3, 0.4) is 0 Å². The van der Waals surface area contributed by atoms with E-state index < -0.39 is 18.4 Å². The van der Waals surface area contributed by atoms with Crippen LogP contribution < -0.4 is 4.74 Å². The number of carbonyl (C=O) groups is 2. The number of aliphatic hydroxyl groups excluding tert-OH is 1. The third-order valence-electron chi connectivity index (χ3n) is 4.00. The molecular weight excluding hydrogens is 426 g/mol. The second-order valence-electron chi connectivity index (χ2n) is 6.93. The van der Waals surface area contributed by atoms with Crippen LogP contribution in [0.25, 0.3) is 0 Å². The third-order valence-corrected chi connectivity index (χ3v) is 4.25. The Morgan fingerprint density at radius 1 is 1.06 bits per heavy atom. The summed E-state index contributed by atoms with van der Waals surface area (Å²) in [5.74, 6) is -0.439. The number of ketones is 1. The fourth-order valence-electron chi connectivity index (χ4n) is 2.33. The monoisotopic (exact) mass is 449 g/mol. The van der Waals surface area contributed by atoms with Gasteiger partial charge in [-0.15, -0.1) is 0 Å². The molecule has 0 spiro atoms. The summed E-state index contributed by atoms with van der Waals surface area (Å²) in [5, 5.41) is 17.6. The normalized spacial score (nSPS) is 11.3. The third kappa shape index (κ3) is 7.54. The van der Waals surface area contributed by atoms with Crippen molar-refractivity contribution in [1.82, 2.24) is 5.01 Å². The zero-order valence-corrected chi connectivity index (χ0v) is 18.2. The fourth-order valence-corrected chi connectivity index (χ4v) is 2.46. The Kier molecular flexibility index (Phi) is 8.77. The lowest BCUT2D eigenvalue weighted by Gasteiger charge is -2.24. The van der Waals surface area contributed by atoms with Crippen molar-refractivity contribution in [3.63, 3.8) is 0 Å². The minimum atomic E-state index is -1.31. The highest BCUT2D eigenvalue weighted by Gasteiger charge is 2.32. The number of hydrogen-bond acceptors (Lipinski definition) is 8. The first-order chi connectivity index (χ1) is 14.7. The van der Waals surface area contributed by atoms with Gasteiger partial charge in [0.05, 0.1) is 13.2 Å². The maximum atomic E-state index is 12.5. The number of rotatable bonds is 11. The number of likely N-dealkylation sites (N-methyl/N-ethyl adjacent to an activating group) is 1. The Balaban J connectivity index is 1.88. The standard InChI is InChI=1S/C21H24ClN3O6/c1-21(2,20(28)29-14-30-24-23-25(3)12-13-26)31-18-10-6-16(7-11-18)19(27)15-4-8-17(22)9-5-15/h4-11,26H,12-14H2,1-3H3/b24-23-. The zero-order chi connectivity index (χ0) is 22.9. The first-order valence-corrected chi connectivity index (χ1v) is 9.72. The van der Waals surface area contributed by atoms with Gasteiger partial charge in [0.25, 0.3) is 6.79 Å². The zero-order valence-electron chi connectivity index (χ0n) is 17.4. The van der Waals surface area contributed by atoms with Crippen molar-refractivity contribution in [2.24, 2.45) is 10.5 Å². The highest BCUT2D eigenvalue weighted by molar-refractivity contribution is 6.30. The maximum absolute atomic E-state index is 12.5. The topological polar surface area (TPSA) is 110 Å². The smallest absolute Gasteiger partial charge is 0.352 e. The van der Waals surface area contributed by atoms with E-state index in [4.69, 9.17) is 31.0 Å². The van der Waals surface area contributed by atoms with Gasteiger partial charge in [-0.1, -0.05) is 11.6 Å². The van der Waals surface area contributed by atoms with E-state index in [2.05, 4.69) is 10.5 Å². The summed E-state index contributed by atoms with van der Waals surface area (Å²) in [6.45, 7) is 2.85. The van der Waals surface area contributed by atoms with Crippen LogP contribution in [-0.2, 0) is 14.4 Å². The largest absolute Gasteiger partial charge is 0.476 e. The second kappa shape index (κ2) is 11.3. The fraction of sp³-hybridized carbons (Fsp3) is 0.333. The van der Waals surface area contributed by atoms with Gasteiger partial charge in [0.1, 0.15) is 5.75 Å². The van der Waals surface area contributed by atoms with E-state index in [-0.39, 0.29) is 18.9 Å². The summed E-state index contributed by atoms with van der Waals surface area (Å²) >= 11 is 5.85. The Morgan fingerprint density at radius 2 is 1.65 bits per heavy atom. The molecule has 0 aliphatic rings. The molecule has 2 aromatic carbocycles. The molecule has 166 valence electrons. The maximum Gasteiger partial charge on any atom is 0.352 e. The van der Waals surface area contributed by atoms with Crippen LogP contribution in [0.4, 0.5) is 0 Å². The first kappa shape index (κ1) is 24.1. The molecule has 10 heteroatoms. The summed E-state index contributed by atoms with van der Waals surface area (Å²) in [6, 6.07) is 13.0. The van der Waals surface area contributed by atoms with Crippen LogP contribution in [0.15, 0.2) is 59.0 Å². The average molecular weight is 450 g/mol. The number of carbonyl (C=O) groups excluding carboxylic acids is 2. The highest BCUT2D eigenvalue weighted by Crippen LogP contribution is 2.22. The lowest BCUT2D eigenvalue weighted by atomic mass is 10.0. The Labute approximate surface area is 185 Å². The Morgan fingerprint density at radius 3 is 2.23 bits per heavy atom. The van der Waals surface area contributed by atoms with E-state index in [0.717, 1.165) is 0 Å². The van der Waals surface area contributed by atoms with Gasteiger partial charge >= 0.3 is 5.97 Å². The van der Waals surface area contributed by atoms with Crippen molar-refractivity contribution < 1.29 is 29.0 Å². The van der Waals surface area contributed by atoms with Crippen molar-refractivity contribution >= 4 is 23.4 Å². The van der Waals surface area contributed by atoms with Gasteiger partial charge in [-0.2, -0.15) is 0 Å².